The van der Waals surface area contributed by atoms with Crippen molar-refractivity contribution in [2.75, 3.05) is 6.61 Å². The van der Waals surface area contributed by atoms with Crippen molar-refractivity contribution in [1.29, 1.82) is 0 Å². The molecule has 0 aromatic carbocycles. The van der Waals surface area contributed by atoms with Crippen LogP contribution in [0.1, 0.15) is 6.23 Å². The highest BCUT2D eigenvalue weighted by atomic mass is 32.5. The zero-order valence-corrected chi connectivity index (χ0v) is 18.3. The van der Waals surface area contributed by atoms with Crippen LogP contribution >= 0.6 is 22.4 Å². The van der Waals surface area contributed by atoms with Gasteiger partial charge in [0.15, 0.2) is 17.4 Å². The fourth-order valence-electron chi connectivity index (χ4n) is 2.62. The lowest BCUT2D eigenvalue weighted by molar-refractivity contribution is -0.0503. The van der Waals surface area contributed by atoms with Gasteiger partial charge >= 0.3 is 22.4 Å². The summed E-state index contributed by atoms with van der Waals surface area (Å²) in [6.45, 7) is -5.66. The van der Waals surface area contributed by atoms with Crippen LogP contribution in [0.3, 0.4) is 0 Å². The van der Waals surface area contributed by atoms with Crippen LogP contribution in [0, 0.1) is 0 Å². The first-order chi connectivity index (χ1) is 14.2. The molecule has 6 atom stereocenters. The van der Waals surface area contributed by atoms with E-state index in [0.717, 1.165) is 17.2 Å². The van der Waals surface area contributed by atoms with Crippen LogP contribution in [-0.4, -0.2) is 74.2 Å². The number of aromatic nitrogens is 4. The Labute approximate surface area is 176 Å². The van der Waals surface area contributed by atoms with E-state index in [1.165, 1.54) is 0 Å². The number of aliphatic hydroxyl groups excluding tert-OH is 2. The molecule has 174 valence electrons. The van der Waals surface area contributed by atoms with E-state index in [2.05, 4.69) is 39.9 Å². The number of H-pyrrole nitrogens is 1. The van der Waals surface area contributed by atoms with Crippen LogP contribution in [0.5, 0.6) is 0 Å². The average Bonchev–Trinajstić information content (AvgIpc) is 3.13. The minimum absolute atomic E-state index is 0.0137. The maximum Gasteiger partial charge on any atom is 0.488 e. The van der Waals surface area contributed by atoms with Gasteiger partial charge in [0.05, 0.1) is 19.3 Å². The summed E-state index contributed by atoms with van der Waals surface area (Å²) in [7, 11) is -10.9. The molecule has 1 aliphatic rings. The van der Waals surface area contributed by atoms with Gasteiger partial charge in [0.2, 0.25) is 0 Å². The summed E-state index contributed by atoms with van der Waals surface area (Å²) >= 11 is 3.96. The van der Waals surface area contributed by atoms with Crippen LogP contribution in [0.2, 0.25) is 0 Å². The Hall–Kier alpha value is -0.940. The van der Waals surface area contributed by atoms with Crippen molar-refractivity contribution < 1.29 is 56.8 Å². The number of hydrogen-bond acceptors (Lipinski definition) is 12. The summed E-state index contributed by atoms with van der Waals surface area (Å²) in [5.41, 5.74) is -0.630. The first-order valence-corrected chi connectivity index (χ1v) is 13.5. The molecule has 2 aromatic heterocycles. The number of imidazole rings is 1. The Bertz CT molecular complexity index is 1160. The van der Waals surface area contributed by atoms with Crippen molar-refractivity contribution in [2.24, 2.45) is 0 Å². The highest BCUT2D eigenvalue weighted by molar-refractivity contribution is 8.08. The Morgan fingerprint density at radius 3 is 2.45 bits per heavy atom. The molecule has 0 aliphatic carbocycles. The molecule has 17 nitrogen and oxygen atoms in total. The van der Waals surface area contributed by atoms with E-state index in [4.69, 9.17) is 14.5 Å². The molecule has 2 aromatic rings. The highest BCUT2D eigenvalue weighted by Crippen LogP contribution is 2.66. The minimum atomic E-state index is -5.51. The van der Waals surface area contributed by atoms with Crippen LogP contribution in [0.4, 0.5) is 0 Å². The smallest absolute Gasteiger partial charge is 0.387 e. The number of phosphoric ester groups is 1. The topological polar surface area (TPSA) is 256 Å². The largest absolute Gasteiger partial charge is 0.488 e. The second kappa shape index (κ2) is 8.78. The standard InChI is InChI=1S/C10H15N4O13P3S/c15-6-4(1-24-28(18,19)26-29(20,21)27-30(22,23)31)25-10(7(6)16)14-3-13-5-8(14)11-2-12-9(5)17/h2-4,6-7,10,15-16H,1H2,(H,18,19)(H,20,21)(H,11,12,17)(H2,22,23,31)/t4-,6-,7-,10-/m1/s1. The Morgan fingerprint density at radius 1 is 1.13 bits per heavy atom. The molecule has 7 N–H and O–H groups in total. The van der Waals surface area contributed by atoms with Gasteiger partial charge in [0, 0.05) is 0 Å². The van der Waals surface area contributed by atoms with Gasteiger partial charge in [-0.05, 0) is 11.8 Å². The van der Waals surface area contributed by atoms with Crippen molar-refractivity contribution in [3.05, 3.63) is 23.0 Å². The summed E-state index contributed by atoms with van der Waals surface area (Å²) in [6, 6.07) is 0. The van der Waals surface area contributed by atoms with Gasteiger partial charge in [-0.25, -0.2) is 23.4 Å². The number of phosphoric acid groups is 2. The molecule has 1 aliphatic heterocycles. The van der Waals surface area contributed by atoms with Crippen molar-refractivity contribution in [2.45, 2.75) is 24.5 Å². The number of fused-ring (bicyclic) bond motifs is 1. The molecule has 21 heteroatoms. The fraction of sp³-hybridized carbons (Fsp3) is 0.500. The molecule has 0 bridgehead atoms. The van der Waals surface area contributed by atoms with Crippen LogP contribution in [0.25, 0.3) is 11.2 Å². The van der Waals surface area contributed by atoms with E-state index in [1.54, 1.807) is 0 Å². The number of aliphatic hydroxyl groups is 2. The zero-order valence-electron chi connectivity index (χ0n) is 14.8. The first-order valence-electron chi connectivity index (χ1n) is 7.89. The average molecular weight is 524 g/mol. The van der Waals surface area contributed by atoms with Gasteiger partial charge in [0.25, 0.3) is 5.56 Å². The van der Waals surface area contributed by atoms with Crippen LogP contribution < -0.4 is 5.56 Å². The third-order valence-corrected chi connectivity index (χ3v) is 8.20. The minimum Gasteiger partial charge on any atom is -0.387 e. The molecule has 3 heterocycles. The van der Waals surface area contributed by atoms with Gasteiger partial charge in [0.1, 0.15) is 18.3 Å². The summed E-state index contributed by atoms with van der Waals surface area (Å²) in [5.74, 6) is 0. The molecule has 0 radical (unpaired) electrons. The third-order valence-electron chi connectivity index (χ3n) is 3.79. The quantitative estimate of drug-likeness (QED) is 0.188. The van der Waals surface area contributed by atoms with Crippen molar-refractivity contribution in [3.8, 4) is 0 Å². The number of nitrogens with one attached hydrogen (secondary N) is 1. The van der Waals surface area contributed by atoms with Crippen molar-refractivity contribution in [1.82, 2.24) is 19.5 Å². The van der Waals surface area contributed by atoms with E-state index in [1.807, 2.05) is 0 Å². The van der Waals surface area contributed by atoms with Gasteiger partial charge < -0.3 is 39.5 Å². The van der Waals surface area contributed by atoms with Crippen LogP contribution in [0.15, 0.2) is 17.4 Å². The fourth-order valence-corrected chi connectivity index (χ4v) is 6.40. The summed E-state index contributed by atoms with van der Waals surface area (Å²) in [6.07, 6.45) is -3.89. The molecule has 0 saturated carbocycles. The number of aromatic amines is 1. The second-order valence-corrected chi connectivity index (χ2v) is 11.8. The SMILES string of the molecule is O=c1[nH]cnc2c1ncn2[C@@H]1O[C@H](COP(=O)(O)OP(=O)(O)OP(O)(O)=S)[C@@H](O)[C@H]1O. The van der Waals surface area contributed by atoms with E-state index < -0.39 is 59.1 Å². The summed E-state index contributed by atoms with van der Waals surface area (Å²) in [4.78, 5) is 58.2. The molecular formula is C10H15N4O13P3S. The summed E-state index contributed by atoms with van der Waals surface area (Å²) in [5, 5.41) is 20.4. The van der Waals surface area contributed by atoms with E-state index in [9.17, 15) is 33.9 Å². The van der Waals surface area contributed by atoms with E-state index in [-0.39, 0.29) is 11.2 Å². The molecule has 0 spiro atoms. The predicted octanol–water partition coefficient (Wildman–Crippen LogP) is -1.80. The normalized spacial score (nSPS) is 28.5. The maximum absolute atomic E-state index is 11.8. The Kier molecular flexibility index (Phi) is 6.99. The van der Waals surface area contributed by atoms with Gasteiger partial charge in [-0.3, -0.25) is 13.9 Å². The van der Waals surface area contributed by atoms with Crippen molar-refractivity contribution in [3.63, 3.8) is 0 Å². The molecule has 0 amide bonds. The number of ether oxygens (including phenoxy) is 1. The molecule has 3 rings (SSSR count). The van der Waals surface area contributed by atoms with Gasteiger partial charge in [-0.15, -0.1) is 0 Å². The van der Waals surface area contributed by atoms with Crippen LogP contribution in [-0.2, 0) is 38.8 Å². The number of hydrogen-bond donors (Lipinski definition) is 7. The third kappa shape index (κ3) is 5.90. The molecule has 1 fully saturated rings. The first kappa shape index (κ1) is 24.7. The monoisotopic (exact) mass is 524 g/mol. The lowest BCUT2D eigenvalue weighted by atomic mass is 10.1. The van der Waals surface area contributed by atoms with Crippen molar-refractivity contribution >= 4 is 45.3 Å². The predicted molar refractivity (Wildman–Crippen MR) is 101 cm³/mol. The number of nitrogens with zero attached hydrogens (tertiary/aromatic N) is 3. The summed E-state index contributed by atoms with van der Waals surface area (Å²) < 4.78 is 41.9. The molecular weight excluding hydrogens is 509 g/mol. The lowest BCUT2D eigenvalue weighted by Crippen LogP contribution is -2.33. The Balaban J connectivity index is 1.70. The molecule has 1 saturated heterocycles. The zero-order chi connectivity index (χ0) is 23.2. The van der Waals surface area contributed by atoms with E-state index >= 15 is 0 Å². The van der Waals surface area contributed by atoms with E-state index in [0.29, 0.717) is 0 Å². The second-order valence-electron chi connectivity index (χ2n) is 5.99. The maximum atomic E-state index is 11.8. The number of rotatable bonds is 8. The Morgan fingerprint density at radius 2 is 1.81 bits per heavy atom. The highest BCUT2D eigenvalue weighted by Gasteiger charge is 2.46. The van der Waals surface area contributed by atoms with Gasteiger partial charge in [-0.1, -0.05) is 0 Å². The molecule has 31 heavy (non-hydrogen) atoms. The van der Waals surface area contributed by atoms with Gasteiger partial charge in [-0.2, -0.15) is 4.31 Å². The molecule has 2 unspecified atom stereocenters. The lowest BCUT2D eigenvalue weighted by Gasteiger charge is -2.19.